The molecule has 1 aromatic rings. The number of hydrogen-bond acceptors (Lipinski definition) is 4. The summed E-state index contributed by atoms with van der Waals surface area (Å²) in [7, 11) is 0. The number of carbonyl (C=O) groups is 2. The van der Waals surface area contributed by atoms with Gasteiger partial charge < -0.3 is 15.2 Å². The predicted molar refractivity (Wildman–Crippen MR) is 66.3 cm³/mol. The maximum absolute atomic E-state index is 11.4. The second kappa shape index (κ2) is 6.97. The highest BCUT2D eigenvalue weighted by Crippen LogP contribution is 2.10. The van der Waals surface area contributed by atoms with Crippen LogP contribution in [0.25, 0.3) is 0 Å². The molecule has 1 aromatic carbocycles. The summed E-state index contributed by atoms with van der Waals surface area (Å²) in [5.41, 5.74) is 1.14. The van der Waals surface area contributed by atoms with E-state index in [9.17, 15) is 9.59 Å². The highest BCUT2D eigenvalue weighted by Gasteiger charge is 2.05. The Hall–Kier alpha value is -2.48. The first kappa shape index (κ1) is 13.6. The minimum absolute atomic E-state index is 0.0337. The molecule has 5 heteroatoms. The van der Waals surface area contributed by atoms with Crippen molar-refractivity contribution in [3.63, 3.8) is 0 Å². The molecule has 0 aliphatic carbocycles. The number of hydrogen-bond donors (Lipinski definition) is 2. The van der Waals surface area contributed by atoms with Gasteiger partial charge in [0.2, 0.25) is 0 Å². The molecule has 0 saturated carbocycles. The first-order valence-corrected chi connectivity index (χ1v) is 5.30. The van der Waals surface area contributed by atoms with Crippen LogP contribution in [0.1, 0.15) is 16.8 Å². The van der Waals surface area contributed by atoms with Gasteiger partial charge in [0.1, 0.15) is 0 Å². The minimum Gasteiger partial charge on any atom is -0.481 e. The second-order valence-corrected chi connectivity index (χ2v) is 3.43. The van der Waals surface area contributed by atoms with E-state index in [0.29, 0.717) is 12.1 Å². The summed E-state index contributed by atoms with van der Waals surface area (Å²) in [5.74, 6) is 0.862. The summed E-state index contributed by atoms with van der Waals surface area (Å²) in [4.78, 5) is 21.7. The Morgan fingerprint density at radius 1 is 1.33 bits per heavy atom. The number of aliphatic carboxylic acids is 1. The lowest BCUT2D eigenvalue weighted by atomic mass is 10.2. The number of rotatable bonds is 6. The number of carboxylic acids is 1. The standard InChI is InChI=1S/C13H13NO4/c1-2-9-18-13(17)10-3-5-11(6-4-10)14-8-7-12(15)16/h1,3-6,14H,7-9H2,(H,15,16). The summed E-state index contributed by atoms with van der Waals surface area (Å²) < 4.78 is 4.76. The van der Waals surface area contributed by atoms with Crippen LogP contribution in [0.4, 0.5) is 5.69 Å². The Balaban J connectivity index is 2.49. The molecule has 2 N–H and O–H groups in total. The number of carboxylic acid groups (broad SMARTS) is 1. The second-order valence-electron chi connectivity index (χ2n) is 3.43. The van der Waals surface area contributed by atoms with Gasteiger partial charge in [-0.05, 0) is 24.3 Å². The molecular weight excluding hydrogens is 234 g/mol. The molecule has 0 aliphatic heterocycles. The van der Waals surface area contributed by atoms with Crippen LogP contribution in [0, 0.1) is 12.3 Å². The lowest BCUT2D eigenvalue weighted by Crippen LogP contribution is -2.08. The molecular formula is C13H13NO4. The van der Waals surface area contributed by atoms with E-state index in [1.807, 2.05) is 0 Å². The van der Waals surface area contributed by atoms with Crippen LogP contribution in [0.5, 0.6) is 0 Å². The molecule has 0 amide bonds. The van der Waals surface area contributed by atoms with E-state index in [4.69, 9.17) is 16.3 Å². The van der Waals surface area contributed by atoms with Crippen LogP contribution in [0.3, 0.4) is 0 Å². The van der Waals surface area contributed by atoms with Gasteiger partial charge in [0.05, 0.1) is 12.0 Å². The minimum atomic E-state index is -0.864. The molecule has 0 aliphatic rings. The van der Waals surface area contributed by atoms with Crippen molar-refractivity contribution in [1.82, 2.24) is 0 Å². The van der Waals surface area contributed by atoms with Gasteiger partial charge in [-0.3, -0.25) is 4.79 Å². The number of benzene rings is 1. The fraction of sp³-hybridized carbons (Fsp3) is 0.231. The Morgan fingerprint density at radius 3 is 2.56 bits per heavy atom. The maximum Gasteiger partial charge on any atom is 0.339 e. The zero-order valence-electron chi connectivity index (χ0n) is 9.68. The third kappa shape index (κ3) is 4.58. The van der Waals surface area contributed by atoms with Crippen molar-refractivity contribution in [2.75, 3.05) is 18.5 Å². The molecule has 0 spiro atoms. The summed E-state index contributed by atoms with van der Waals surface area (Å²) in [6, 6.07) is 6.52. The van der Waals surface area contributed by atoms with E-state index in [-0.39, 0.29) is 13.0 Å². The van der Waals surface area contributed by atoms with Crippen LogP contribution in [0.2, 0.25) is 0 Å². The van der Waals surface area contributed by atoms with E-state index in [1.165, 1.54) is 0 Å². The van der Waals surface area contributed by atoms with E-state index in [2.05, 4.69) is 11.2 Å². The highest BCUT2D eigenvalue weighted by molar-refractivity contribution is 5.89. The summed E-state index contributed by atoms with van der Waals surface area (Å²) >= 11 is 0. The summed E-state index contributed by atoms with van der Waals surface area (Å²) in [5, 5.41) is 11.4. The lowest BCUT2D eigenvalue weighted by molar-refractivity contribution is -0.136. The fourth-order valence-electron chi connectivity index (χ4n) is 1.23. The molecule has 94 valence electrons. The number of carbonyl (C=O) groups excluding carboxylic acids is 1. The number of ether oxygens (including phenoxy) is 1. The molecule has 18 heavy (non-hydrogen) atoms. The smallest absolute Gasteiger partial charge is 0.339 e. The van der Waals surface area contributed by atoms with Gasteiger partial charge in [-0.2, -0.15) is 0 Å². The number of nitrogens with one attached hydrogen (secondary N) is 1. The Kier molecular flexibility index (Phi) is 5.26. The Labute approximate surface area is 105 Å². The first-order chi connectivity index (χ1) is 8.63. The van der Waals surface area contributed by atoms with Gasteiger partial charge >= 0.3 is 11.9 Å². The van der Waals surface area contributed by atoms with Gasteiger partial charge in [0.25, 0.3) is 0 Å². The number of terminal acetylenes is 1. The third-order valence-corrected chi connectivity index (χ3v) is 2.08. The molecule has 0 heterocycles. The van der Waals surface area contributed by atoms with Crippen molar-refractivity contribution in [3.05, 3.63) is 29.8 Å². The monoisotopic (exact) mass is 247 g/mol. The molecule has 0 atom stereocenters. The van der Waals surface area contributed by atoms with Crippen molar-refractivity contribution in [2.45, 2.75) is 6.42 Å². The topological polar surface area (TPSA) is 75.6 Å². The molecule has 0 saturated heterocycles. The molecule has 0 bridgehead atoms. The highest BCUT2D eigenvalue weighted by atomic mass is 16.5. The molecule has 0 fully saturated rings. The van der Waals surface area contributed by atoms with Crippen LogP contribution in [-0.4, -0.2) is 30.2 Å². The number of anilines is 1. The van der Waals surface area contributed by atoms with Gasteiger partial charge in [-0.25, -0.2) is 4.79 Å². The van der Waals surface area contributed by atoms with E-state index >= 15 is 0 Å². The number of esters is 1. The molecule has 0 aromatic heterocycles. The molecule has 1 rings (SSSR count). The quantitative estimate of drug-likeness (QED) is 0.586. The molecule has 0 radical (unpaired) electrons. The van der Waals surface area contributed by atoms with E-state index < -0.39 is 11.9 Å². The summed E-state index contributed by atoms with van der Waals surface area (Å²) in [6.45, 7) is 0.271. The van der Waals surface area contributed by atoms with Crippen LogP contribution < -0.4 is 5.32 Å². The van der Waals surface area contributed by atoms with Crippen LogP contribution >= 0.6 is 0 Å². The SMILES string of the molecule is C#CCOC(=O)c1ccc(NCCC(=O)O)cc1. The largest absolute Gasteiger partial charge is 0.481 e. The van der Waals surface area contributed by atoms with Crippen molar-refractivity contribution in [3.8, 4) is 12.3 Å². The zero-order valence-corrected chi connectivity index (χ0v) is 9.68. The lowest BCUT2D eigenvalue weighted by Gasteiger charge is -2.05. The fourth-order valence-corrected chi connectivity index (χ4v) is 1.23. The van der Waals surface area contributed by atoms with Gasteiger partial charge in [0.15, 0.2) is 6.61 Å². The van der Waals surface area contributed by atoms with Crippen molar-refractivity contribution < 1.29 is 19.4 Å². The molecule has 0 unspecified atom stereocenters. The maximum atomic E-state index is 11.4. The van der Waals surface area contributed by atoms with E-state index in [1.54, 1.807) is 24.3 Å². The van der Waals surface area contributed by atoms with Gasteiger partial charge in [-0.1, -0.05) is 5.92 Å². The van der Waals surface area contributed by atoms with Crippen LogP contribution in [0.15, 0.2) is 24.3 Å². The molecule has 5 nitrogen and oxygen atoms in total. The zero-order chi connectivity index (χ0) is 13.4. The van der Waals surface area contributed by atoms with Crippen LogP contribution in [-0.2, 0) is 9.53 Å². The first-order valence-electron chi connectivity index (χ1n) is 5.30. The normalized spacial score (nSPS) is 9.28. The third-order valence-electron chi connectivity index (χ3n) is 2.08. The average Bonchev–Trinajstić information content (AvgIpc) is 2.36. The Bertz CT molecular complexity index is 459. The van der Waals surface area contributed by atoms with Crippen molar-refractivity contribution >= 4 is 17.6 Å². The van der Waals surface area contributed by atoms with E-state index in [0.717, 1.165) is 5.69 Å². The average molecular weight is 247 g/mol. The van der Waals surface area contributed by atoms with Crippen molar-refractivity contribution in [2.24, 2.45) is 0 Å². The Morgan fingerprint density at radius 2 is 2.00 bits per heavy atom. The van der Waals surface area contributed by atoms with Gasteiger partial charge in [-0.15, -0.1) is 6.42 Å². The summed E-state index contributed by atoms with van der Waals surface area (Å²) in [6.07, 6.45) is 5.01. The predicted octanol–water partition coefficient (Wildman–Crippen LogP) is 1.36. The van der Waals surface area contributed by atoms with Crippen molar-refractivity contribution in [1.29, 1.82) is 0 Å². The van der Waals surface area contributed by atoms with Gasteiger partial charge in [0, 0.05) is 12.2 Å².